The van der Waals surface area contributed by atoms with Gasteiger partial charge in [0.15, 0.2) is 5.82 Å². The fourth-order valence-corrected chi connectivity index (χ4v) is 2.59. The number of esters is 1. The number of benzene rings is 1. The highest BCUT2D eigenvalue weighted by Gasteiger charge is 2.13. The van der Waals surface area contributed by atoms with Gasteiger partial charge in [-0.2, -0.15) is 0 Å². The summed E-state index contributed by atoms with van der Waals surface area (Å²) in [6, 6.07) is 7.12. The van der Waals surface area contributed by atoms with Crippen molar-refractivity contribution in [3.8, 4) is 11.4 Å². The number of aryl methyl sites for hydroxylation is 1. The van der Waals surface area contributed by atoms with Crippen LogP contribution in [0.2, 0.25) is 0 Å². The minimum atomic E-state index is -0.290. The van der Waals surface area contributed by atoms with Gasteiger partial charge in [0.1, 0.15) is 6.61 Å². The third-order valence-corrected chi connectivity index (χ3v) is 3.84. The Morgan fingerprint density at radius 3 is 2.59 bits per heavy atom. The monoisotopic (exact) mass is 301 g/mol. The van der Waals surface area contributed by atoms with Gasteiger partial charge < -0.3 is 4.74 Å². The molecule has 2 aromatic rings. The largest absolute Gasteiger partial charge is 0.461 e. The molecule has 0 N–H and O–H groups in total. The van der Waals surface area contributed by atoms with Crippen molar-refractivity contribution in [3.63, 3.8) is 0 Å². The Bertz CT molecular complexity index is 632. The molecule has 2 heterocycles. The lowest BCUT2D eigenvalue weighted by molar-refractivity contribution is 0.0472. The molecular weight excluding hydrogens is 282 g/mol. The zero-order chi connectivity index (χ0) is 15.4. The highest BCUT2D eigenvalue weighted by atomic mass is 16.5. The van der Waals surface area contributed by atoms with Crippen LogP contribution in [0.5, 0.6) is 0 Å². The van der Waals surface area contributed by atoms with Crippen LogP contribution in [-0.2, 0) is 11.8 Å². The first-order chi connectivity index (χ1) is 10.7. The topological polar surface area (TPSA) is 73.1 Å². The Kier molecular flexibility index (Phi) is 4.43. The fraction of sp³-hybridized carbons (Fsp3) is 0.467. The summed E-state index contributed by atoms with van der Waals surface area (Å²) in [6.07, 6.45) is 2.48. The molecule has 7 nitrogen and oxygen atoms in total. The molecule has 7 heteroatoms. The van der Waals surface area contributed by atoms with Crippen LogP contribution in [0, 0.1) is 0 Å². The van der Waals surface area contributed by atoms with E-state index in [-0.39, 0.29) is 5.97 Å². The van der Waals surface area contributed by atoms with Gasteiger partial charge in [0, 0.05) is 19.2 Å². The summed E-state index contributed by atoms with van der Waals surface area (Å²) in [5.41, 5.74) is 1.40. The molecule has 3 rings (SSSR count). The molecule has 0 unspecified atom stereocenters. The van der Waals surface area contributed by atoms with Crippen molar-refractivity contribution >= 4 is 5.97 Å². The van der Waals surface area contributed by atoms with Gasteiger partial charge in [-0.3, -0.25) is 4.90 Å². The standard InChI is InChI=1S/C15H19N5O2/c1-19-14(16-17-18-19)12-4-6-13(7-5-12)15(21)22-11-10-20-8-2-3-9-20/h4-7H,2-3,8-11H2,1H3. The Labute approximate surface area is 128 Å². The lowest BCUT2D eigenvalue weighted by atomic mass is 10.1. The van der Waals surface area contributed by atoms with E-state index in [1.807, 2.05) is 12.1 Å². The molecule has 0 spiro atoms. The van der Waals surface area contributed by atoms with Gasteiger partial charge in [-0.25, -0.2) is 9.48 Å². The van der Waals surface area contributed by atoms with Gasteiger partial charge in [0.25, 0.3) is 0 Å². The third kappa shape index (κ3) is 3.30. The number of carbonyl (C=O) groups is 1. The smallest absolute Gasteiger partial charge is 0.338 e. The van der Waals surface area contributed by atoms with Crippen LogP contribution in [0.4, 0.5) is 0 Å². The maximum absolute atomic E-state index is 12.0. The minimum absolute atomic E-state index is 0.290. The molecule has 22 heavy (non-hydrogen) atoms. The highest BCUT2D eigenvalue weighted by Crippen LogP contribution is 2.16. The molecule has 0 atom stereocenters. The van der Waals surface area contributed by atoms with E-state index in [4.69, 9.17) is 4.74 Å². The van der Waals surface area contributed by atoms with Crippen LogP contribution in [0.3, 0.4) is 0 Å². The maximum atomic E-state index is 12.0. The number of hydrogen-bond acceptors (Lipinski definition) is 6. The summed E-state index contributed by atoms with van der Waals surface area (Å²) in [5.74, 6) is 0.371. The summed E-state index contributed by atoms with van der Waals surface area (Å²) in [4.78, 5) is 14.3. The normalized spacial score (nSPS) is 15.1. The van der Waals surface area contributed by atoms with Gasteiger partial charge in [0.2, 0.25) is 0 Å². The molecule has 1 fully saturated rings. The fourth-order valence-electron chi connectivity index (χ4n) is 2.59. The van der Waals surface area contributed by atoms with Crippen LogP contribution in [0.15, 0.2) is 24.3 Å². The maximum Gasteiger partial charge on any atom is 0.338 e. The van der Waals surface area contributed by atoms with Crippen molar-refractivity contribution < 1.29 is 9.53 Å². The molecule has 0 amide bonds. The van der Waals surface area contributed by atoms with E-state index in [2.05, 4.69) is 20.4 Å². The van der Waals surface area contributed by atoms with E-state index < -0.39 is 0 Å². The Hall–Kier alpha value is -2.28. The number of ether oxygens (including phenoxy) is 1. The van der Waals surface area contributed by atoms with Crippen LogP contribution in [0.1, 0.15) is 23.2 Å². The second-order valence-corrected chi connectivity index (χ2v) is 5.39. The van der Waals surface area contributed by atoms with Gasteiger partial charge in [-0.15, -0.1) is 5.10 Å². The zero-order valence-corrected chi connectivity index (χ0v) is 12.6. The Balaban J connectivity index is 1.55. The summed E-state index contributed by atoms with van der Waals surface area (Å²) >= 11 is 0. The van der Waals surface area contributed by atoms with Crippen molar-refractivity contribution in [2.75, 3.05) is 26.2 Å². The van der Waals surface area contributed by atoms with Crippen molar-refractivity contribution in [1.29, 1.82) is 0 Å². The summed E-state index contributed by atoms with van der Waals surface area (Å²) in [7, 11) is 1.77. The third-order valence-electron chi connectivity index (χ3n) is 3.84. The van der Waals surface area contributed by atoms with E-state index in [1.54, 1.807) is 23.9 Å². The zero-order valence-electron chi connectivity index (χ0n) is 12.6. The van der Waals surface area contributed by atoms with E-state index >= 15 is 0 Å². The molecule has 0 aliphatic carbocycles. The number of tetrazole rings is 1. The highest BCUT2D eigenvalue weighted by molar-refractivity contribution is 5.89. The number of carbonyl (C=O) groups excluding carboxylic acids is 1. The molecular formula is C15H19N5O2. The lowest BCUT2D eigenvalue weighted by Gasteiger charge is -2.14. The molecule has 0 radical (unpaired) electrons. The van der Waals surface area contributed by atoms with Crippen molar-refractivity contribution in [2.24, 2.45) is 7.05 Å². The first-order valence-electron chi connectivity index (χ1n) is 7.46. The first-order valence-corrected chi connectivity index (χ1v) is 7.46. The number of hydrogen-bond donors (Lipinski definition) is 0. The average Bonchev–Trinajstić information content (AvgIpc) is 3.19. The van der Waals surface area contributed by atoms with Gasteiger partial charge >= 0.3 is 5.97 Å². The summed E-state index contributed by atoms with van der Waals surface area (Å²) < 4.78 is 6.90. The van der Waals surface area contributed by atoms with Crippen molar-refractivity contribution in [3.05, 3.63) is 29.8 Å². The Morgan fingerprint density at radius 2 is 1.95 bits per heavy atom. The second-order valence-electron chi connectivity index (χ2n) is 5.39. The molecule has 116 valence electrons. The molecule has 1 aliphatic rings. The lowest BCUT2D eigenvalue weighted by Crippen LogP contribution is -2.25. The number of likely N-dealkylation sites (tertiary alicyclic amines) is 1. The number of aromatic nitrogens is 4. The van der Waals surface area contributed by atoms with E-state index in [1.165, 1.54) is 12.8 Å². The molecule has 0 bridgehead atoms. The van der Waals surface area contributed by atoms with E-state index in [0.29, 0.717) is 18.0 Å². The van der Waals surface area contributed by atoms with Crippen LogP contribution >= 0.6 is 0 Å². The summed E-state index contributed by atoms with van der Waals surface area (Å²) in [6.45, 7) is 3.47. The van der Waals surface area contributed by atoms with Crippen molar-refractivity contribution in [1.82, 2.24) is 25.1 Å². The predicted molar refractivity (Wildman–Crippen MR) is 80.2 cm³/mol. The minimum Gasteiger partial charge on any atom is -0.461 e. The van der Waals surface area contributed by atoms with E-state index in [0.717, 1.165) is 25.2 Å². The van der Waals surface area contributed by atoms with Gasteiger partial charge in [-0.1, -0.05) is 12.1 Å². The number of rotatable bonds is 5. The van der Waals surface area contributed by atoms with Crippen LogP contribution in [-0.4, -0.2) is 57.3 Å². The predicted octanol–water partition coefficient (Wildman–Crippen LogP) is 1.13. The molecule has 1 aromatic carbocycles. The molecule has 1 aromatic heterocycles. The average molecular weight is 301 g/mol. The molecule has 0 saturated carbocycles. The Morgan fingerprint density at radius 1 is 1.23 bits per heavy atom. The summed E-state index contributed by atoms with van der Waals surface area (Å²) in [5, 5.41) is 11.3. The molecule has 1 aliphatic heterocycles. The molecule has 1 saturated heterocycles. The quantitative estimate of drug-likeness (QED) is 0.771. The van der Waals surface area contributed by atoms with Crippen LogP contribution in [0.25, 0.3) is 11.4 Å². The SMILES string of the molecule is Cn1nnnc1-c1ccc(C(=O)OCCN2CCCC2)cc1. The number of nitrogens with zero attached hydrogens (tertiary/aromatic N) is 5. The second kappa shape index (κ2) is 6.65. The van der Waals surface area contributed by atoms with Crippen LogP contribution < -0.4 is 0 Å². The van der Waals surface area contributed by atoms with E-state index in [9.17, 15) is 4.79 Å². The van der Waals surface area contributed by atoms with Gasteiger partial charge in [-0.05, 0) is 48.5 Å². The first kappa shape index (κ1) is 14.6. The van der Waals surface area contributed by atoms with Crippen molar-refractivity contribution in [2.45, 2.75) is 12.8 Å². The van der Waals surface area contributed by atoms with Gasteiger partial charge in [0.05, 0.1) is 5.56 Å².